The highest BCUT2D eigenvalue weighted by atomic mass is 16.5. The Bertz CT molecular complexity index is 1430. The molecule has 1 heterocycles. The quantitative estimate of drug-likeness (QED) is 0.0456. The molecule has 22 heteroatoms. The normalized spacial score (nSPS) is 15.4. The second-order valence-electron chi connectivity index (χ2n) is 11.7. The fourth-order valence-electron chi connectivity index (χ4n) is 4.97. The highest BCUT2D eigenvalue weighted by Crippen LogP contribution is 2.16. The van der Waals surface area contributed by atoms with Crippen LogP contribution in [-0.2, 0) is 33.6 Å². The lowest BCUT2D eigenvalue weighted by Crippen LogP contribution is -2.52. The maximum atomic E-state index is 13.0. The summed E-state index contributed by atoms with van der Waals surface area (Å²) >= 11 is 0. The van der Waals surface area contributed by atoms with E-state index in [2.05, 4.69) is 26.6 Å². The van der Waals surface area contributed by atoms with Crippen molar-refractivity contribution in [1.82, 2.24) is 40.9 Å². The Hall–Kier alpha value is -5.19. The molecule has 0 aliphatic carbocycles. The van der Waals surface area contributed by atoms with Crippen molar-refractivity contribution in [3.63, 3.8) is 0 Å². The number of aliphatic carboxylic acids is 3. The second-order valence-corrected chi connectivity index (χ2v) is 11.7. The Labute approximate surface area is 298 Å². The van der Waals surface area contributed by atoms with Crippen LogP contribution in [0.25, 0.3) is 0 Å². The van der Waals surface area contributed by atoms with Crippen LogP contribution in [-0.4, -0.2) is 194 Å². The molecule has 0 unspecified atom stereocenters. The van der Waals surface area contributed by atoms with Crippen LogP contribution >= 0.6 is 0 Å². The highest BCUT2D eigenvalue weighted by molar-refractivity contribution is 5.83. The molecule has 1 aliphatic rings. The Morgan fingerprint density at radius 2 is 0.865 bits per heavy atom. The molecule has 0 saturated carbocycles. The van der Waals surface area contributed by atoms with Crippen LogP contribution in [0.4, 0.5) is 5.69 Å². The molecule has 2 rings (SSSR count). The summed E-state index contributed by atoms with van der Waals surface area (Å²) in [6.45, 7) is 1.33. The van der Waals surface area contributed by atoms with Crippen LogP contribution in [0.15, 0.2) is 9.59 Å². The summed E-state index contributed by atoms with van der Waals surface area (Å²) in [6, 6.07) is 0. The zero-order valence-corrected chi connectivity index (χ0v) is 28.9. The minimum Gasteiger partial charge on any atom is -0.488 e. The molecule has 52 heavy (non-hydrogen) atoms. The van der Waals surface area contributed by atoms with Gasteiger partial charge in [0.2, 0.25) is 23.6 Å². The molecule has 0 aromatic heterocycles. The molecule has 1 aromatic rings. The maximum absolute atomic E-state index is 13.0. The summed E-state index contributed by atoms with van der Waals surface area (Å²) < 4.78 is 5.17. The first kappa shape index (κ1) is 43.0. The van der Waals surface area contributed by atoms with E-state index in [0.717, 1.165) is 0 Å². The lowest BCUT2D eigenvalue weighted by atomic mass is 10.2. The molecule has 0 atom stereocenters. The number of carbonyl (C=O) groups is 7. The number of ether oxygens (including phenoxy) is 1. The smallest absolute Gasteiger partial charge is 0.322 e. The molecule has 4 amide bonds. The van der Waals surface area contributed by atoms with Crippen molar-refractivity contribution in [2.75, 3.05) is 123 Å². The Morgan fingerprint density at radius 3 is 1.17 bits per heavy atom. The number of rotatable bonds is 20. The van der Waals surface area contributed by atoms with Gasteiger partial charge in [-0.2, -0.15) is 0 Å². The Balaban J connectivity index is 2.16. The van der Waals surface area contributed by atoms with E-state index < -0.39 is 66.1 Å². The van der Waals surface area contributed by atoms with Crippen LogP contribution in [0, 0.1) is 0 Å². The predicted octanol–water partition coefficient (Wildman–Crippen LogP) is -5.97. The average molecular weight is 742 g/mol. The third kappa shape index (κ3) is 16.7. The highest BCUT2D eigenvalue weighted by Gasteiger charge is 2.23. The van der Waals surface area contributed by atoms with Crippen LogP contribution in [0.5, 0.6) is 5.75 Å². The van der Waals surface area contributed by atoms with E-state index in [1.165, 1.54) is 0 Å². The van der Waals surface area contributed by atoms with Crippen molar-refractivity contribution in [3.8, 4) is 5.75 Å². The van der Waals surface area contributed by atoms with E-state index in [0.29, 0.717) is 0 Å². The first-order valence-corrected chi connectivity index (χ1v) is 16.5. The van der Waals surface area contributed by atoms with Gasteiger partial charge < -0.3 is 46.6 Å². The van der Waals surface area contributed by atoms with E-state index in [1.807, 2.05) is 0 Å². The van der Waals surface area contributed by atoms with Gasteiger partial charge in [-0.3, -0.25) is 62.8 Å². The van der Waals surface area contributed by atoms with E-state index in [1.54, 1.807) is 26.5 Å². The number of carboxylic acid groups (broad SMARTS) is 3. The van der Waals surface area contributed by atoms with Crippen LogP contribution in [0.2, 0.25) is 0 Å². The van der Waals surface area contributed by atoms with Crippen LogP contribution in [0.3, 0.4) is 0 Å². The largest absolute Gasteiger partial charge is 0.488 e. The van der Waals surface area contributed by atoms with Crippen molar-refractivity contribution >= 4 is 47.2 Å². The molecule has 290 valence electrons. The lowest BCUT2D eigenvalue weighted by Gasteiger charge is -2.33. The number of hydrogen-bond donors (Lipinski definition) is 8. The van der Waals surface area contributed by atoms with Gasteiger partial charge in [-0.25, -0.2) is 0 Å². The summed E-state index contributed by atoms with van der Waals surface area (Å²) in [6.07, 6.45) is 0. The molecular weight excluding hydrogens is 694 g/mol. The van der Waals surface area contributed by atoms with Crippen molar-refractivity contribution in [3.05, 3.63) is 20.4 Å². The number of nitrogens with zero attached hydrogens (tertiary/aromatic N) is 4. The van der Waals surface area contributed by atoms with Crippen molar-refractivity contribution < 1.29 is 53.6 Å². The van der Waals surface area contributed by atoms with E-state index in [-0.39, 0.29) is 116 Å². The predicted molar refractivity (Wildman–Crippen MR) is 182 cm³/mol. The van der Waals surface area contributed by atoms with Crippen molar-refractivity contribution in [1.29, 1.82) is 0 Å². The summed E-state index contributed by atoms with van der Waals surface area (Å²) in [7, 11) is 0. The number of carboxylic acids is 3. The Kier molecular flexibility index (Phi) is 18.7. The average Bonchev–Trinajstić information content (AvgIpc) is 3.08. The van der Waals surface area contributed by atoms with Crippen LogP contribution in [0.1, 0.15) is 6.92 Å². The molecule has 0 radical (unpaired) electrons. The molecule has 1 saturated heterocycles. The topological polar surface area (TPSA) is 297 Å². The number of carbonyl (C=O) groups excluding carboxylic acids is 4. The first-order chi connectivity index (χ1) is 24.7. The Morgan fingerprint density at radius 1 is 0.538 bits per heavy atom. The lowest BCUT2D eigenvalue weighted by molar-refractivity contribution is -0.138. The molecule has 0 spiro atoms. The molecule has 8 N–H and O–H groups in total. The van der Waals surface area contributed by atoms with Gasteiger partial charge in [0.05, 0.1) is 32.8 Å². The number of hydrogen-bond acceptors (Lipinski definition) is 15. The van der Waals surface area contributed by atoms with Gasteiger partial charge in [-0.15, -0.1) is 0 Å². The summed E-state index contributed by atoms with van der Waals surface area (Å²) in [5.41, 5.74) is -1.39. The minimum atomic E-state index is -1.23. The van der Waals surface area contributed by atoms with Gasteiger partial charge in [-0.05, 0) is 6.92 Å². The van der Waals surface area contributed by atoms with Crippen molar-refractivity contribution in [2.24, 2.45) is 0 Å². The second kappa shape index (κ2) is 22.6. The summed E-state index contributed by atoms with van der Waals surface area (Å²) in [5, 5.41) is 39.2. The van der Waals surface area contributed by atoms with Gasteiger partial charge in [0.25, 0.3) is 10.9 Å². The first-order valence-electron chi connectivity index (χ1n) is 16.5. The van der Waals surface area contributed by atoms with E-state index in [4.69, 9.17) is 20.1 Å². The zero-order chi connectivity index (χ0) is 38.6. The number of nitrogens with one attached hydrogen (secondary N) is 5. The van der Waals surface area contributed by atoms with Gasteiger partial charge in [0.1, 0.15) is 25.3 Å². The van der Waals surface area contributed by atoms with Crippen LogP contribution < -0.4 is 42.2 Å². The summed E-state index contributed by atoms with van der Waals surface area (Å²) in [4.78, 5) is 114. The zero-order valence-electron chi connectivity index (χ0n) is 28.9. The van der Waals surface area contributed by atoms with E-state index >= 15 is 0 Å². The van der Waals surface area contributed by atoms with E-state index in [9.17, 15) is 43.2 Å². The van der Waals surface area contributed by atoms with Gasteiger partial charge in [0, 0.05) is 65.4 Å². The number of amides is 4. The fourth-order valence-corrected chi connectivity index (χ4v) is 4.97. The molecule has 1 aliphatic heterocycles. The standard InChI is InChI=1S/C30H47N9O13/c1-2-52-30-27(28(50)29(30)51)32-4-3-31-20(40)16-36-5-7-37(17-21(41)33-13-24(44)45)9-11-39(19-23(43)35-15-26(48)49)12-10-38(8-6-36)18-22(42)34-14-25(46)47/h32H,2-19H2,1H3,(H,31,40)(H,33,41)(H,34,42)(H,35,43)(H,44,45)(H,46,47)(H,48,49). The van der Waals surface area contributed by atoms with Gasteiger partial charge >= 0.3 is 17.9 Å². The van der Waals surface area contributed by atoms with Gasteiger partial charge in [-0.1, -0.05) is 0 Å². The SMILES string of the molecule is CCOc1c(NCCNC(=O)CN2CCN(CC(=O)NCC(=O)O)CCN(CC(=O)NCC(=O)O)CCN(CC(=O)NCC(=O)O)CC2)c(=O)c1=O. The minimum absolute atomic E-state index is 0.0450. The molecule has 22 nitrogen and oxygen atoms in total. The molecule has 1 aromatic carbocycles. The molecular formula is C30H47N9O13. The van der Waals surface area contributed by atoms with Crippen molar-refractivity contribution in [2.45, 2.75) is 6.92 Å². The van der Waals surface area contributed by atoms with Gasteiger partial charge in [0.15, 0.2) is 5.75 Å². The third-order valence-electron chi connectivity index (χ3n) is 7.61. The molecule has 0 bridgehead atoms. The monoisotopic (exact) mass is 741 g/mol. The third-order valence-corrected chi connectivity index (χ3v) is 7.61. The molecule has 1 fully saturated rings. The number of anilines is 1. The fraction of sp³-hybridized carbons (Fsp3) is 0.633. The maximum Gasteiger partial charge on any atom is 0.322 e. The summed E-state index contributed by atoms with van der Waals surface area (Å²) in [5.74, 6) is -5.83.